The van der Waals surface area contributed by atoms with E-state index < -0.39 is 10.8 Å². The van der Waals surface area contributed by atoms with E-state index in [1.807, 2.05) is 12.1 Å². The molecule has 1 amide bonds. The highest BCUT2D eigenvalue weighted by Crippen LogP contribution is 2.22. The number of rotatable bonds is 5. The van der Waals surface area contributed by atoms with E-state index in [0.717, 1.165) is 5.56 Å². The fourth-order valence-corrected chi connectivity index (χ4v) is 2.79. The Kier molecular flexibility index (Phi) is 5.34. The summed E-state index contributed by atoms with van der Waals surface area (Å²) in [6.07, 6.45) is 1.75. The Balaban J connectivity index is 1.71. The highest BCUT2D eigenvalue weighted by molar-refractivity contribution is 9.10. The number of nitrogens with zero attached hydrogens (tertiary/aromatic N) is 3. The number of carbonyl (C=O) groups excluding carboxylic acids is 1. The van der Waals surface area contributed by atoms with Gasteiger partial charge in [0.1, 0.15) is 0 Å². The zero-order chi connectivity index (χ0) is 18.7. The van der Waals surface area contributed by atoms with Crippen molar-refractivity contribution in [1.29, 1.82) is 0 Å². The summed E-state index contributed by atoms with van der Waals surface area (Å²) in [5.41, 5.74) is 1.24. The Labute approximate surface area is 161 Å². The summed E-state index contributed by atoms with van der Waals surface area (Å²) in [5, 5.41) is 18.3. The van der Waals surface area contributed by atoms with Crippen molar-refractivity contribution in [2.24, 2.45) is 0 Å². The molecule has 0 saturated heterocycles. The van der Waals surface area contributed by atoms with E-state index >= 15 is 0 Å². The minimum absolute atomic E-state index is 0.0741. The number of anilines is 1. The molecule has 0 saturated carbocycles. The molecule has 1 heterocycles. The van der Waals surface area contributed by atoms with E-state index in [4.69, 9.17) is 11.6 Å². The van der Waals surface area contributed by atoms with Crippen molar-refractivity contribution < 1.29 is 9.72 Å². The molecule has 9 heteroatoms. The van der Waals surface area contributed by atoms with Crippen LogP contribution in [0.25, 0.3) is 0 Å². The number of halogens is 2. The van der Waals surface area contributed by atoms with Crippen LogP contribution >= 0.6 is 27.5 Å². The van der Waals surface area contributed by atoms with Gasteiger partial charge in [0, 0.05) is 28.9 Å². The van der Waals surface area contributed by atoms with Crippen LogP contribution in [0.4, 0.5) is 11.5 Å². The molecule has 0 aliphatic carbocycles. The van der Waals surface area contributed by atoms with E-state index in [1.54, 1.807) is 23.0 Å². The predicted molar refractivity (Wildman–Crippen MR) is 102 cm³/mol. The van der Waals surface area contributed by atoms with Crippen molar-refractivity contribution in [3.05, 3.63) is 85.5 Å². The summed E-state index contributed by atoms with van der Waals surface area (Å²) in [6, 6.07) is 12.7. The largest absolute Gasteiger partial charge is 0.304 e. The summed E-state index contributed by atoms with van der Waals surface area (Å²) >= 11 is 9.24. The molecule has 2 aromatic carbocycles. The minimum atomic E-state index is -0.517. The van der Waals surface area contributed by atoms with Crippen molar-refractivity contribution >= 4 is 44.9 Å². The van der Waals surface area contributed by atoms with E-state index in [2.05, 4.69) is 26.3 Å². The average Bonchev–Trinajstić information content (AvgIpc) is 2.96. The average molecular weight is 436 g/mol. The molecular formula is C17H12BrClN4O3. The fourth-order valence-electron chi connectivity index (χ4n) is 2.25. The van der Waals surface area contributed by atoms with Crippen LogP contribution in [-0.2, 0) is 6.54 Å². The molecule has 26 heavy (non-hydrogen) atoms. The Hall–Kier alpha value is -2.71. The van der Waals surface area contributed by atoms with Gasteiger partial charge in [0.15, 0.2) is 5.82 Å². The van der Waals surface area contributed by atoms with Crippen molar-refractivity contribution in [2.75, 3.05) is 5.32 Å². The summed E-state index contributed by atoms with van der Waals surface area (Å²) in [5.74, 6) is -0.0420. The number of nitrogens with one attached hydrogen (secondary N) is 1. The molecule has 0 aliphatic rings. The highest BCUT2D eigenvalue weighted by atomic mass is 79.9. The van der Waals surface area contributed by atoms with E-state index in [1.165, 1.54) is 24.3 Å². The molecule has 0 aliphatic heterocycles. The first kappa shape index (κ1) is 18.1. The van der Waals surface area contributed by atoms with Crippen molar-refractivity contribution in [2.45, 2.75) is 6.54 Å². The number of nitro benzene ring substituents is 1. The monoisotopic (exact) mass is 434 g/mol. The lowest BCUT2D eigenvalue weighted by molar-refractivity contribution is -0.384. The lowest BCUT2D eigenvalue weighted by Gasteiger charge is -2.03. The van der Waals surface area contributed by atoms with Crippen molar-refractivity contribution in [1.82, 2.24) is 9.78 Å². The first-order valence-electron chi connectivity index (χ1n) is 7.45. The maximum Gasteiger partial charge on any atom is 0.269 e. The van der Waals surface area contributed by atoms with Crippen LogP contribution in [0, 0.1) is 10.1 Å². The van der Waals surface area contributed by atoms with Gasteiger partial charge in [-0.25, -0.2) is 0 Å². The molecular weight excluding hydrogens is 424 g/mol. The summed E-state index contributed by atoms with van der Waals surface area (Å²) in [6.45, 7) is 0.517. The summed E-state index contributed by atoms with van der Waals surface area (Å²) < 4.78 is 2.31. The zero-order valence-corrected chi connectivity index (χ0v) is 15.6. The predicted octanol–water partition coefficient (Wildman–Crippen LogP) is 4.51. The van der Waals surface area contributed by atoms with Crippen molar-refractivity contribution in [3.8, 4) is 0 Å². The van der Waals surface area contributed by atoms with E-state index in [-0.39, 0.29) is 5.69 Å². The Bertz CT molecular complexity index is 955. The first-order chi connectivity index (χ1) is 12.4. The third-order valence-corrected chi connectivity index (χ3v) is 4.38. The summed E-state index contributed by atoms with van der Waals surface area (Å²) in [4.78, 5) is 22.4. The second-order valence-corrected chi connectivity index (χ2v) is 6.70. The first-order valence-corrected chi connectivity index (χ1v) is 8.62. The van der Waals surface area contributed by atoms with Gasteiger partial charge in [0.05, 0.1) is 15.9 Å². The van der Waals surface area contributed by atoms with Gasteiger partial charge in [-0.1, -0.05) is 23.7 Å². The topological polar surface area (TPSA) is 90.1 Å². The van der Waals surface area contributed by atoms with Gasteiger partial charge in [-0.3, -0.25) is 19.6 Å². The van der Waals surface area contributed by atoms with Crippen LogP contribution in [0.1, 0.15) is 15.9 Å². The van der Waals surface area contributed by atoms with Crippen LogP contribution in [0.2, 0.25) is 5.02 Å². The number of hydrogen-bond donors (Lipinski definition) is 1. The van der Waals surface area contributed by atoms with Gasteiger partial charge in [0.25, 0.3) is 11.6 Å². The molecule has 0 bridgehead atoms. The number of carbonyl (C=O) groups is 1. The molecule has 0 spiro atoms. The molecule has 3 rings (SSSR count). The van der Waals surface area contributed by atoms with Gasteiger partial charge >= 0.3 is 0 Å². The van der Waals surface area contributed by atoms with Crippen LogP contribution < -0.4 is 5.32 Å². The lowest BCUT2D eigenvalue weighted by atomic mass is 10.2. The van der Waals surface area contributed by atoms with Gasteiger partial charge in [0.2, 0.25) is 0 Å². The minimum Gasteiger partial charge on any atom is -0.304 e. The molecule has 0 fully saturated rings. The molecule has 3 aromatic rings. The van der Waals surface area contributed by atoms with Crippen LogP contribution in [0.3, 0.4) is 0 Å². The fraction of sp³-hybridized carbons (Fsp3) is 0.0588. The van der Waals surface area contributed by atoms with Crippen LogP contribution in [0.15, 0.2) is 59.2 Å². The number of amides is 1. The van der Waals surface area contributed by atoms with Crippen molar-refractivity contribution in [3.63, 3.8) is 0 Å². The molecule has 1 N–H and O–H groups in total. The molecule has 132 valence electrons. The lowest BCUT2D eigenvalue weighted by Crippen LogP contribution is -2.13. The second kappa shape index (κ2) is 7.67. The zero-order valence-electron chi connectivity index (χ0n) is 13.2. The third-order valence-electron chi connectivity index (χ3n) is 3.55. The van der Waals surface area contributed by atoms with E-state index in [0.29, 0.717) is 27.4 Å². The smallest absolute Gasteiger partial charge is 0.269 e. The number of benzene rings is 2. The quantitative estimate of drug-likeness (QED) is 0.472. The second-order valence-electron chi connectivity index (χ2n) is 5.41. The van der Waals surface area contributed by atoms with Gasteiger partial charge in [-0.05, 0) is 45.8 Å². The van der Waals surface area contributed by atoms with Gasteiger partial charge in [-0.15, -0.1) is 0 Å². The number of nitro groups is 1. The third kappa shape index (κ3) is 4.27. The van der Waals surface area contributed by atoms with Crippen LogP contribution in [-0.4, -0.2) is 20.6 Å². The summed E-state index contributed by atoms with van der Waals surface area (Å²) in [7, 11) is 0. The van der Waals surface area contributed by atoms with Gasteiger partial charge in [-0.2, -0.15) is 5.10 Å². The molecule has 0 radical (unpaired) electrons. The number of non-ortho nitro benzene ring substituents is 1. The maximum atomic E-state index is 12.3. The highest BCUT2D eigenvalue weighted by Gasteiger charge is 2.14. The molecule has 0 unspecified atom stereocenters. The van der Waals surface area contributed by atoms with E-state index in [9.17, 15) is 14.9 Å². The normalized spacial score (nSPS) is 10.5. The maximum absolute atomic E-state index is 12.3. The van der Waals surface area contributed by atoms with Gasteiger partial charge < -0.3 is 5.32 Å². The standard InChI is InChI=1S/C17H12BrClN4O3/c18-15-10-22(9-11-1-5-13(19)6-2-11)21-16(15)20-17(24)12-3-7-14(8-4-12)23(25)26/h1-8,10H,9H2,(H,20,21,24). The Morgan fingerprint density at radius 3 is 2.46 bits per heavy atom. The number of aromatic nitrogens is 2. The van der Waals surface area contributed by atoms with Crippen LogP contribution in [0.5, 0.6) is 0 Å². The Morgan fingerprint density at radius 2 is 1.85 bits per heavy atom. The molecule has 7 nitrogen and oxygen atoms in total. The molecule has 1 aromatic heterocycles. The number of hydrogen-bond acceptors (Lipinski definition) is 4. The molecule has 0 atom stereocenters. The SMILES string of the molecule is O=C(Nc1nn(Cc2ccc(Cl)cc2)cc1Br)c1ccc([N+](=O)[O-])cc1. The Morgan fingerprint density at radius 1 is 1.19 bits per heavy atom.